The highest BCUT2D eigenvalue weighted by Gasteiger charge is 2.11. The Morgan fingerprint density at radius 2 is 2.13 bits per heavy atom. The summed E-state index contributed by atoms with van der Waals surface area (Å²) in [5, 5.41) is 8.76. The van der Waals surface area contributed by atoms with E-state index in [4.69, 9.17) is 10.00 Å². The van der Waals surface area contributed by atoms with Crippen molar-refractivity contribution in [2.24, 2.45) is 0 Å². The molecule has 0 saturated carbocycles. The van der Waals surface area contributed by atoms with Crippen LogP contribution in [0.25, 0.3) is 0 Å². The number of sulfone groups is 1. The number of nitriles is 1. The predicted octanol–water partition coefficient (Wildman–Crippen LogP) is 1.36. The number of ether oxygens (including phenoxy) is 1. The molecule has 15 heavy (non-hydrogen) atoms. The van der Waals surface area contributed by atoms with Crippen molar-refractivity contribution in [3.63, 3.8) is 0 Å². The summed E-state index contributed by atoms with van der Waals surface area (Å²) in [7, 11) is -3.26. The Bertz CT molecular complexity index is 500. The predicted molar refractivity (Wildman–Crippen MR) is 55.4 cm³/mol. The standard InChI is InChI=1S/C10H11NO3S/c1-3-14-10-6-9(15(2,12)13)5-4-8(10)7-11/h4-6H,3H2,1-2H3. The second-order valence-electron chi connectivity index (χ2n) is 2.97. The third-order valence-electron chi connectivity index (χ3n) is 1.80. The van der Waals surface area contributed by atoms with Crippen LogP contribution in [0.1, 0.15) is 12.5 Å². The van der Waals surface area contributed by atoms with Crippen molar-refractivity contribution in [2.45, 2.75) is 11.8 Å². The smallest absolute Gasteiger partial charge is 0.175 e. The van der Waals surface area contributed by atoms with Crippen molar-refractivity contribution in [1.82, 2.24) is 0 Å². The number of nitrogens with zero attached hydrogens (tertiary/aromatic N) is 1. The topological polar surface area (TPSA) is 67.2 Å². The molecule has 0 unspecified atom stereocenters. The minimum Gasteiger partial charge on any atom is -0.492 e. The average Bonchev–Trinajstić information content (AvgIpc) is 2.17. The lowest BCUT2D eigenvalue weighted by molar-refractivity contribution is 0.338. The zero-order chi connectivity index (χ0) is 11.5. The lowest BCUT2D eigenvalue weighted by atomic mass is 10.2. The number of hydrogen-bond acceptors (Lipinski definition) is 4. The first-order valence-corrected chi connectivity index (χ1v) is 6.25. The first-order chi connectivity index (χ1) is 6.99. The molecule has 0 fully saturated rings. The Labute approximate surface area is 89.0 Å². The quantitative estimate of drug-likeness (QED) is 0.779. The van der Waals surface area contributed by atoms with E-state index in [1.807, 2.05) is 6.07 Å². The van der Waals surface area contributed by atoms with Gasteiger partial charge in [0.1, 0.15) is 11.8 Å². The molecular formula is C10H11NO3S. The highest BCUT2D eigenvalue weighted by atomic mass is 32.2. The number of rotatable bonds is 3. The second kappa shape index (κ2) is 4.32. The number of hydrogen-bond donors (Lipinski definition) is 0. The van der Waals surface area contributed by atoms with Crippen LogP contribution in [0.4, 0.5) is 0 Å². The Morgan fingerprint density at radius 1 is 1.47 bits per heavy atom. The molecule has 0 heterocycles. The molecule has 0 N–H and O–H groups in total. The molecule has 1 rings (SSSR count). The maximum atomic E-state index is 11.3. The van der Waals surface area contributed by atoms with E-state index in [0.717, 1.165) is 6.26 Å². The van der Waals surface area contributed by atoms with Crippen LogP contribution < -0.4 is 4.74 Å². The molecule has 1 aromatic rings. The van der Waals surface area contributed by atoms with E-state index in [2.05, 4.69) is 0 Å². The third-order valence-corrected chi connectivity index (χ3v) is 2.91. The zero-order valence-corrected chi connectivity index (χ0v) is 9.34. The summed E-state index contributed by atoms with van der Waals surface area (Å²) in [4.78, 5) is 0.157. The Kier molecular flexibility index (Phi) is 3.32. The van der Waals surface area contributed by atoms with Crippen LogP contribution in [0, 0.1) is 11.3 Å². The molecule has 0 radical (unpaired) electrons. The molecule has 0 aliphatic carbocycles. The molecule has 0 spiro atoms. The molecule has 5 heteroatoms. The Balaban J connectivity index is 3.30. The first kappa shape index (κ1) is 11.5. The summed E-state index contributed by atoms with van der Waals surface area (Å²) in [6, 6.07) is 6.16. The van der Waals surface area contributed by atoms with Gasteiger partial charge in [-0.25, -0.2) is 8.42 Å². The summed E-state index contributed by atoms with van der Waals surface area (Å²) in [6.07, 6.45) is 1.12. The van der Waals surface area contributed by atoms with Crippen molar-refractivity contribution in [2.75, 3.05) is 12.9 Å². The molecule has 0 aliphatic heterocycles. The molecule has 0 aromatic heterocycles. The fourth-order valence-corrected chi connectivity index (χ4v) is 1.74. The normalized spacial score (nSPS) is 10.7. The molecule has 0 aliphatic rings. The summed E-state index contributed by atoms with van der Waals surface area (Å²) in [6.45, 7) is 2.16. The molecule has 0 atom stereocenters. The van der Waals surface area contributed by atoms with E-state index in [9.17, 15) is 8.42 Å². The maximum absolute atomic E-state index is 11.3. The van der Waals surface area contributed by atoms with Crippen molar-refractivity contribution in [3.05, 3.63) is 23.8 Å². The van der Waals surface area contributed by atoms with E-state index in [1.54, 1.807) is 6.92 Å². The molecule has 0 bridgehead atoms. The van der Waals surface area contributed by atoms with Crippen molar-refractivity contribution in [1.29, 1.82) is 5.26 Å². The van der Waals surface area contributed by atoms with Gasteiger partial charge < -0.3 is 4.74 Å². The fourth-order valence-electron chi connectivity index (χ4n) is 1.10. The van der Waals surface area contributed by atoms with E-state index < -0.39 is 9.84 Å². The minimum atomic E-state index is -3.26. The van der Waals surface area contributed by atoms with Gasteiger partial charge in [-0.05, 0) is 19.1 Å². The van der Waals surface area contributed by atoms with E-state index in [-0.39, 0.29) is 4.90 Å². The van der Waals surface area contributed by atoms with E-state index in [1.165, 1.54) is 18.2 Å². The van der Waals surface area contributed by atoms with Crippen LogP contribution in [0.2, 0.25) is 0 Å². The summed E-state index contributed by atoms with van der Waals surface area (Å²) in [5.41, 5.74) is 0.337. The Morgan fingerprint density at radius 3 is 2.60 bits per heavy atom. The minimum absolute atomic E-state index is 0.157. The van der Waals surface area contributed by atoms with Gasteiger partial charge in [-0.3, -0.25) is 0 Å². The van der Waals surface area contributed by atoms with Gasteiger partial charge in [-0.15, -0.1) is 0 Å². The van der Waals surface area contributed by atoms with Crippen LogP contribution in [-0.4, -0.2) is 21.3 Å². The molecule has 0 amide bonds. The summed E-state index contributed by atoms with van der Waals surface area (Å²) < 4.78 is 27.7. The maximum Gasteiger partial charge on any atom is 0.175 e. The van der Waals surface area contributed by atoms with E-state index >= 15 is 0 Å². The highest BCUT2D eigenvalue weighted by Crippen LogP contribution is 2.22. The van der Waals surface area contributed by atoms with Crippen LogP contribution in [0.15, 0.2) is 23.1 Å². The largest absolute Gasteiger partial charge is 0.492 e. The van der Waals surface area contributed by atoms with Crippen LogP contribution >= 0.6 is 0 Å². The van der Waals surface area contributed by atoms with Gasteiger partial charge in [-0.1, -0.05) is 0 Å². The van der Waals surface area contributed by atoms with Crippen LogP contribution in [-0.2, 0) is 9.84 Å². The fraction of sp³-hybridized carbons (Fsp3) is 0.300. The van der Waals surface area contributed by atoms with Gasteiger partial charge in [-0.2, -0.15) is 5.26 Å². The number of benzene rings is 1. The van der Waals surface area contributed by atoms with Gasteiger partial charge in [0.05, 0.1) is 17.1 Å². The van der Waals surface area contributed by atoms with Crippen LogP contribution in [0.3, 0.4) is 0 Å². The highest BCUT2D eigenvalue weighted by molar-refractivity contribution is 7.90. The zero-order valence-electron chi connectivity index (χ0n) is 8.52. The Hall–Kier alpha value is -1.54. The van der Waals surface area contributed by atoms with Gasteiger partial charge >= 0.3 is 0 Å². The molecule has 1 aromatic carbocycles. The SMILES string of the molecule is CCOc1cc(S(C)(=O)=O)ccc1C#N. The van der Waals surface area contributed by atoms with Crippen molar-refractivity contribution < 1.29 is 13.2 Å². The molecule has 0 saturated heterocycles. The third kappa shape index (κ3) is 2.70. The average molecular weight is 225 g/mol. The molecular weight excluding hydrogens is 214 g/mol. The van der Waals surface area contributed by atoms with Crippen molar-refractivity contribution >= 4 is 9.84 Å². The second-order valence-corrected chi connectivity index (χ2v) is 4.99. The summed E-state index contributed by atoms with van der Waals surface area (Å²) in [5.74, 6) is 0.308. The van der Waals surface area contributed by atoms with Gasteiger partial charge in [0.15, 0.2) is 9.84 Å². The van der Waals surface area contributed by atoms with Gasteiger partial charge in [0.25, 0.3) is 0 Å². The van der Waals surface area contributed by atoms with Crippen LogP contribution in [0.5, 0.6) is 5.75 Å². The molecule has 4 nitrogen and oxygen atoms in total. The van der Waals surface area contributed by atoms with E-state index in [0.29, 0.717) is 17.9 Å². The first-order valence-electron chi connectivity index (χ1n) is 4.36. The lowest BCUT2D eigenvalue weighted by Gasteiger charge is -2.06. The summed E-state index contributed by atoms with van der Waals surface area (Å²) >= 11 is 0. The molecule has 80 valence electrons. The van der Waals surface area contributed by atoms with Crippen molar-refractivity contribution in [3.8, 4) is 11.8 Å². The van der Waals surface area contributed by atoms with Gasteiger partial charge in [0.2, 0.25) is 0 Å². The monoisotopic (exact) mass is 225 g/mol. The van der Waals surface area contributed by atoms with Gasteiger partial charge in [0, 0.05) is 12.3 Å². The lowest BCUT2D eigenvalue weighted by Crippen LogP contribution is -2.00.